The number of rotatable bonds is 5. The minimum atomic E-state index is -0.808. The highest BCUT2D eigenvalue weighted by atomic mass is 79.9. The van der Waals surface area contributed by atoms with Crippen molar-refractivity contribution in [3.05, 3.63) is 50.7 Å². The SMILES string of the molecule is O=C(O)[C@H]1CCCN1Cc1ccc(-c2ccc([N+](=O)[O-])cc2Br)o1. The summed E-state index contributed by atoms with van der Waals surface area (Å²) in [6.45, 7) is 1.16. The zero-order valence-electron chi connectivity index (χ0n) is 12.6. The molecule has 1 aromatic heterocycles. The number of nitrogens with zero attached hydrogens (tertiary/aromatic N) is 2. The van der Waals surface area contributed by atoms with Crippen LogP contribution in [0, 0.1) is 10.1 Å². The fourth-order valence-electron chi connectivity index (χ4n) is 2.92. The summed E-state index contributed by atoms with van der Waals surface area (Å²) < 4.78 is 6.38. The van der Waals surface area contributed by atoms with Gasteiger partial charge in [0.1, 0.15) is 17.6 Å². The van der Waals surface area contributed by atoms with E-state index >= 15 is 0 Å². The Kier molecular flexibility index (Phi) is 4.68. The van der Waals surface area contributed by atoms with Crippen LogP contribution in [0.5, 0.6) is 0 Å². The number of nitro groups is 1. The topological polar surface area (TPSA) is 96.8 Å². The maximum atomic E-state index is 11.2. The molecule has 1 aromatic carbocycles. The van der Waals surface area contributed by atoms with Crippen LogP contribution in [0.25, 0.3) is 11.3 Å². The molecule has 7 nitrogen and oxygen atoms in total. The van der Waals surface area contributed by atoms with E-state index in [0.717, 1.165) is 13.0 Å². The lowest BCUT2D eigenvalue weighted by atomic mass is 10.1. The molecule has 1 fully saturated rings. The third kappa shape index (κ3) is 3.34. The molecule has 1 N–H and O–H groups in total. The number of carboxylic acids is 1. The minimum Gasteiger partial charge on any atom is -0.480 e. The van der Waals surface area contributed by atoms with E-state index in [9.17, 15) is 20.0 Å². The summed E-state index contributed by atoms with van der Waals surface area (Å²) in [6.07, 6.45) is 1.51. The molecule has 3 rings (SSSR count). The third-order valence-electron chi connectivity index (χ3n) is 4.10. The number of likely N-dealkylation sites (tertiary alicyclic amines) is 1. The largest absolute Gasteiger partial charge is 0.480 e. The second kappa shape index (κ2) is 6.74. The van der Waals surface area contributed by atoms with Crippen molar-refractivity contribution in [1.29, 1.82) is 0 Å². The molecule has 1 aliphatic rings. The van der Waals surface area contributed by atoms with Gasteiger partial charge in [0.2, 0.25) is 0 Å². The van der Waals surface area contributed by atoms with E-state index in [1.165, 1.54) is 12.1 Å². The van der Waals surface area contributed by atoms with Gasteiger partial charge in [-0.15, -0.1) is 0 Å². The lowest BCUT2D eigenvalue weighted by Gasteiger charge is -2.19. The van der Waals surface area contributed by atoms with E-state index in [0.29, 0.717) is 34.5 Å². The number of nitro benzene ring substituents is 1. The average Bonchev–Trinajstić information content (AvgIpc) is 3.17. The molecule has 126 valence electrons. The number of benzene rings is 1. The van der Waals surface area contributed by atoms with Crippen LogP contribution in [0.4, 0.5) is 5.69 Å². The molecule has 1 atom stereocenters. The number of carbonyl (C=O) groups is 1. The van der Waals surface area contributed by atoms with Crippen molar-refractivity contribution < 1.29 is 19.2 Å². The summed E-state index contributed by atoms with van der Waals surface area (Å²) in [4.78, 5) is 23.4. The minimum absolute atomic E-state index is 0.00114. The number of aliphatic carboxylic acids is 1. The fourth-order valence-corrected chi connectivity index (χ4v) is 3.48. The Bertz CT molecular complexity index is 789. The molecule has 8 heteroatoms. The van der Waals surface area contributed by atoms with E-state index in [1.54, 1.807) is 18.2 Å². The third-order valence-corrected chi connectivity index (χ3v) is 4.75. The van der Waals surface area contributed by atoms with E-state index in [-0.39, 0.29) is 5.69 Å². The van der Waals surface area contributed by atoms with Gasteiger partial charge in [-0.25, -0.2) is 0 Å². The lowest BCUT2D eigenvalue weighted by molar-refractivity contribution is -0.384. The van der Waals surface area contributed by atoms with Crippen molar-refractivity contribution in [3.8, 4) is 11.3 Å². The van der Waals surface area contributed by atoms with Crippen LogP contribution >= 0.6 is 15.9 Å². The first-order chi connectivity index (χ1) is 11.5. The van der Waals surface area contributed by atoms with Gasteiger partial charge in [-0.2, -0.15) is 0 Å². The Morgan fingerprint density at radius 1 is 1.42 bits per heavy atom. The van der Waals surface area contributed by atoms with Crippen molar-refractivity contribution in [2.24, 2.45) is 0 Å². The van der Waals surface area contributed by atoms with Gasteiger partial charge in [-0.05, 0) is 53.5 Å². The van der Waals surface area contributed by atoms with Crippen molar-refractivity contribution >= 4 is 27.6 Å². The standard InChI is InChI=1S/C16H15BrN2O5/c17-13-8-10(19(22)23)3-5-12(13)15-6-4-11(24-15)9-18-7-1-2-14(18)16(20)21/h3-6,8,14H,1-2,7,9H2,(H,20,21)/t14-/m1/s1. The second-order valence-corrected chi connectivity index (χ2v) is 6.51. The zero-order valence-corrected chi connectivity index (χ0v) is 14.2. The summed E-state index contributed by atoms with van der Waals surface area (Å²) in [5, 5.41) is 20.0. The molecule has 2 heterocycles. The summed E-state index contributed by atoms with van der Waals surface area (Å²) in [5.74, 6) is 0.443. The van der Waals surface area contributed by atoms with Crippen molar-refractivity contribution in [2.45, 2.75) is 25.4 Å². The molecule has 24 heavy (non-hydrogen) atoms. The quantitative estimate of drug-likeness (QED) is 0.613. The summed E-state index contributed by atoms with van der Waals surface area (Å²) in [6, 6.07) is 7.60. The molecule has 0 radical (unpaired) electrons. The van der Waals surface area contributed by atoms with Crippen LogP contribution in [0.1, 0.15) is 18.6 Å². The van der Waals surface area contributed by atoms with Crippen LogP contribution in [0.2, 0.25) is 0 Å². The Balaban J connectivity index is 1.78. The average molecular weight is 395 g/mol. The molecule has 0 spiro atoms. The highest BCUT2D eigenvalue weighted by Gasteiger charge is 2.31. The van der Waals surface area contributed by atoms with Crippen LogP contribution < -0.4 is 0 Å². The van der Waals surface area contributed by atoms with Crippen LogP contribution in [0.15, 0.2) is 39.2 Å². The molecule has 0 amide bonds. The van der Waals surface area contributed by atoms with Gasteiger partial charge in [0.05, 0.1) is 11.5 Å². The van der Waals surface area contributed by atoms with Gasteiger partial charge in [0.15, 0.2) is 0 Å². The molecular weight excluding hydrogens is 380 g/mol. The first-order valence-corrected chi connectivity index (χ1v) is 8.25. The number of hydrogen-bond donors (Lipinski definition) is 1. The highest BCUT2D eigenvalue weighted by molar-refractivity contribution is 9.10. The maximum Gasteiger partial charge on any atom is 0.320 e. The Morgan fingerprint density at radius 2 is 2.21 bits per heavy atom. The predicted molar refractivity (Wildman–Crippen MR) is 89.6 cm³/mol. The van der Waals surface area contributed by atoms with E-state index in [1.807, 2.05) is 4.90 Å². The van der Waals surface area contributed by atoms with E-state index < -0.39 is 16.9 Å². The monoisotopic (exact) mass is 394 g/mol. The molecule has 0 saturated carbocycles. The number of carboxylic acid groups (broad SMARTS) is 1. The van der Waals surface area contributed by atoms with Crippen LogP contribution in [-0.2, 0) is 11.3 Å². The molecular formula is C16H15BrN2O5. The van der Waals surface area contributed by atoms with Gasteiger partial charge in [-0.1, -0.05) is 0 Å². The Labute approximate surface area is 146 Å². The number of furan rings is 1. The molecule has 1 aliphatic heterocycles. The lowest BCUT2D eigenvalue weighted by Crippen LogP contribution is -2.35. The molecule has 0 unspecified atom stereocenters. The molecule has 2 aromatic rings. The highest BCUT2D eigenvalue weighted by Crippen LogP contribution is 2.33. The Morgan fingerprint density at radius 3 is 2.88 bits per heavy atom. The van der Waals surface area contributed by atoms with Gasteiger partial charge in [0, 0.05) is 22.2 Å². The first-order valence-electron chi connectivity index (χ1n) is 7.45. The number of halogens is 1. The fraction of sp³-hybridized carbons (Fsp3) is 0.312. The maximum absolute atomic E-state index is 11.2. The summed E-state index contributed by atoms with van der Waals surface area (Å²) in [7, 11) is 0. The summed E-state index contributed by atoms with van der Waals surface area (Å²) >= 11 is 3.33. The molecule has 1 saturated heterocycles. The molecule has 0 aliphatic carbocycles. The smallest absolute Gasteiger partial charge is 0.320 e. The van der Waals surface area contributed by atoms with Gasteiger partial charge >= 0.3 is 5.97 Å². The van der Waals surface area contributed by atoms with Gasteiger partial charge < -0.3 is 9.52 Å². The van der Waals surface area contributed by atoms with E-state index in [2.05, 4.69) is 15.9 Å². The number of non-ortho nitro benzene ring substituents is 1. The van der Waals surface area contributed by atoms with Crippen molar-refractivity contribution in [1.82, 2.24) is 4.90 Å². The normalized spacial score (nSPS) is 18.0. The second-order valence-electron chi connectivity index (χ2n) is 5.65. The first kappa shape index (κ1) is 16.7. The predicted octanol–water partition coefficient (Wildman–Crippen LogP) is 3.67. The zero-order chi connectivity index (χ0) is 17.3. The Hall–Kier alpha value is -2.19. The summed E-state index contributed by atoms with van der Waals surface area (Å²) in [5.41, 5.74) is 0.710. The number of hydrogen-bond acceptors (Lipinski definition) is 5. The van der Waals surface area contributed by atoms with Crippen LogP contribution in [0.3, 0.4) is 0 Å². The van der Waals surface area contributed by atoms with E-state index in [4.69, 9.17) is 4.42 Å². The van der Waals surface area contributed by atoms with Gasteiger partial charge in [-0.3, -0.25) is 19.8 Å². The van der Waals surface area contributed by atoms with Crippen LogP contribution in [-0.4, -0.2) is 33.5 Å². The van der Waals surface area contributed by atoms with Gasteiger partial charge in [0.25, 0.3) is 5.69 Å². The molecule has 0 bridgehead atoms. The van der Waals surface area contributed by atoms with Crippen molar-refractivity contribution in [3.63, 3.8) is 0 Å². The van der Waals surface area contributed by atoms with Crippen molar-refractivity contribution in [2.75, 3.05) is 6.54 Å².